The van der Waals surface area contributed by atoms with Crippen LogP contribution in [0.3, 0.4) is 0 Å². The predicted molar refractivity (Wildman–Crippen MR) is 108 cm³/mol. The Kier molecular flexibility index (Phi) is 5.13. The molecule has 0 aromatic heterocycles. The van der Waals surface area contributed by atoms with Crippen molar-refractivity contribution in [3.05, 3.63) is 59.9 Å². The van der Waals surface area contributed by atoms with Crippen molar-refractivity contribution >= 4 is 17.7 Å². The number of imide groups is 1. The third-order valence-corrected chi connectivity index (χ3v) is 6.26. The van der Waals surface area contributed by atoms with Crippen LogP contribution in [0.1, 0.15) is 33.1 Å². The number of aliphatic hydroxyl groups excluding tert-OH is 1. The molecule has 2 aliphatic carbocycles. The van der Waals surface area contributed by atoms with Gasteiger partial charge in [0.1, 0.15) is 0 Å². The molecule has 0 aromatic carbocycles. The highest BCUT2D eigenvalue weighted by molar-refractivity contribution is 6.13. The van der Waals surface area contributed by atoms with Crippen LogP contribution in [-0.4, -0.2) is 44.9 Å². The van der Waals surface area contributed by atoms with Crippen molar-refractivity contribution in [1.29, 1.82) is 0 Å². The van der Waals surface area contributed by atoms with Gasteiger partial charge in [0.15, 0.2) is 6.23 Å². The van der Waals surface area contributed by atoms with Crippen LogP contribution < -0.4 is 0 Å². The minimum absolute atomic E-state index is 0.150. The normalized spacial score (nSPS) is 34.3. The van der Waals surface area contributed by atoms with Crippen molar-refractivity contribution in [2.24, 2.45) is 17.8 Å². The van der Waals surface area contributed by atoms with Crippen molar-refractivity contribution in [2.45, 2.75) is 45.4 Å². The largest absolute Gasteiger partial charge is 0.369 e. The highest BCUT2D eigenvalue weighted by Crippen LogP contribution is 2.36. The Morgan fingerprint density at radius 1 is 0.931 bits per heavy atom. The zero-order chi connectivity index (χ0) is 20.7. The van der Waals surface area contributed by atoms with Gasteiger partial charge in [-0.15, -0.1) is 0 Å². The number of hydrogen-bond acceptors (Lipinski definition) is 4. The molecule has 6 heteroatoms. The van der Waals surface area contributed by atoms with Gasteiger partial charge < -0.3 is 5.11 Å². The Morgan fingerprint density at radius 2 is 1.62 bits per heavy atom. The molecule has 0 saturated carbocycles. The average molecular weight is 394 g/mol. The van der Waals surface area contributed by atoms with E-state index >= 15 is 0 Å². The Hall–Kier alpha value is -2.73. The van der Waals surface area contributed by atoms with Crippen LogP contribution in [-0.2, 0) is 14.4 Å². The van der Waals surface area contributed by atoms with Gasteiger partial charge in [-0.3, -0.25) is 24.2 Å². The molecule has 0 fully saturated rings. The van der Waals surface area contributed by atoms with E-state index in [-0.39, 0.29) is 35.6 Å². The highest BCUT2D eigenvalue weighted by atomic mass is 16.3. The lowest BCUT2D eigenvalue weighted by Gasteiger charge is -2.35. The zero-order valence-corrected chi connectivity index (χ0v) is 16.7. The van der Waals surface area contributed by atoms with Crippen LogP contribution in [0, 0.1) is 17.8 Å². The first kappa shape index (κ1) is 19.6. The summed E-state index contributed by atoms with van der Waals surface area (Å²) in [6.45, 7) is 4.16. The minimum atomic E-state index is -0.879. The number of carbonyl (C=O) groups is 3. The fraction of sp³-hybridized carbons (Fsp3) is 0.435. The Labute approximate surface area is 170 Å². The van der Waals surface area contributed by atoms with Gasteiger partial charge in [-0.2, -0.15) is 0 Å². The van der Waals surface area contributed by atoms with E-state index in [2.05, 4.69) is 26.0 Å². The summed E-state index contributed by atoms with van der Waals surface area (Å²) in [6, 6.07) is -0.179. The molecule has 0 spiro atoms. The molecule has 4 unspecified atom stereocenters. The van der Waals surface area contributed by atoms with E-state index < -0.39 is 6.23 Å². The van der Waals surface area contributed by atoms with E-state index in [9.17, 15) is 19.5 Å². The monoisotopic (exact) mass is 394 g/mol. The molecule has 6 nitrogen and oxygen atoms in total. The lowest BCUT2D eigenvalue weighted by Crippen LogP contribution is -2.44. The van der Waals surface area contributed by atoms with Crippen LogP contribution in [0.15, 0.2) is 59.9 Å². The average Bonchev–Trinajstić information content (AvgIpc) is 3.18. The maximum absolute atomic E-state index is 12.0. The molecule has 2 aliphatic heterocycles. The van der Waals surface area contributed by atoms with Gasteiger partial charge in [0.05, 0.1) is 6.04 Å². The maximum Gasteiger partial charge on any atom is 0.254 e. The third kappa shape index (κ3) is 3.65. The summed E-state index contributed by atoms with van der Waals surface area (Å²) in [7, 11) is 0. The molecular formula is C23H26N2O4. The second-order valence-corrected chi connectivity index (χ2v) is 8.44. The molecule has 4 rings (SSSR count). The highest BCUT2D eigenvalue weighted by Gasteiger charge is 2.36. The lowest BCUT2D eigenvalue weighted by atomic mass is 9.78. The van der Waals surface area contributed by atoms with Gasteiger partial charge in [-0.1, -0.05) is 37.6 Å². The van der Waals surface area contributed by atoms with Gasteiger partial charge in [-0.25, -0.2) is 0 Å². The fourth-order valence-corrected chi connectivity index (χ4v) is 4.84. The van der Waals surface area contributed by atoms with Gasteiger partial charge >= 0.3 is 0 Å². The first-order valence-electron chi connectivity index (χ1n) is 10.2. The smallest absolute Gasteiger partial charge is 0.254 e. The number of nitrogens with zero attached hydrogens (tertiary/aromatic N) is 2. The Balaban J connectivity index is 1.43. The number of hydrogen-bond donors (Lipinski definition) is 1. The van der Waals surface area contributed by atoms with E-state index in [0.717, 1.165) is 25.0 Å². The summed E-state index contributed by atoms with van der Waals surface area (Å²) in [5, 5.41) is 10.0. The molecule has 3 amide bonds. The molecule has 0 radical (unpaired) electrons. The molecule has 0 bridgehead atoms. The van der Waals surface area contributed by atoms with Crippen molar-refractivity contribution in [2.75, 3.05) is 0 Å². The van der Waals surface area contributed by atoms with Crippen LogP contribution in [0.4, 0.5) is 0 Å². The zero-order valence-electron chi connectivity index (χ0n) is 16.7. The molecule has 5 atom stereocenters. The second-order valence-electron chi connectivity index (χ2n) is 8.44. The topological polar surface area (TPSA) is 77.9 Å². The van der Waals surface area contributed by atoms with Gasteiger partial charge in [-0.05, 0) is 43.3 Å². The van der Waals surface area contributed by atoms with Gasteiger partial charge in [0.25, 0.3) is 17.7 Å². The van der Waals surface area contributed by atoms with E-state index in [0.29, 0.717) is 5.92 Å². The number of rotatable bonds is 4. The van der Waals surface area contributed by atoms with Crippen molar-refractivity contribution in [1.82, 2.24) is 9.80 Å². The predicted octanol–water partition coefficient (Wildman–Crippen LogP) is 2.45. The number of amides is 3. The van der Waals surface area contributed by atoms with E-state index in [4.69, 9.17) is 0 Å². The number of allylic oxidation sites excluding steroid dienone is 5. The standard InChI is InChI=1S/C23H26N2O4/c1-14-11-16(3-5-18(14)24-20(26)7-8-21(24)27)13-17-4-6-19(15(2)12-17)25-22(28)9-10-23(25)29/h3-10,14-16,18,22,28H,11-13H2,1-2H3/t14-,15?,16?,18?,22?/m0/s1. The summed E-state index contributed by atoms with van der Waals surface area (Å²) < 4.78 is 0. The summed E-state index contributed by atoms with van der Waals surface area (Å²) in [5.41, 5.74) is 2.16. The fourth-order valence-electron chi connectivity index (χ4n) is 4.84. The van der Waals surface area contributed by atoms with Crippen molar-refractivity contribution in [3.8, 4) is 0 Å². The first-order valence-corrected chi connectivity index (χ1v) is 10.2. The molecule has 152 valence electrons. The molecule has 1 N–H and O–H groups in total. The quantitative estimate of drug-likeness (QED) is 0.587. The van der Waals surface area contributed by atoms with E-state index in [1.54, 1.807) is 0 Å². The van der Waals surface area contributed by atoms with Crippen molar-refractivity contribution in [3.63, 3.8) is 0 Å². The SMILES string of the molecule is CC1CC(CC2C=CC(N3C(=O)C=CC3=O)[C@@H](C)C2)=CC=C1N1C(=O)C=CC1O. The Bertz CT molecular complexity index is 877. The van der Waals surface area contributed by atoms with Crippen LogP contribution in [0.25, 0.3) is 0 Å². The summed E-state index contributed by atoms with van der Waals surface area (Å²) in [6.07, 6.45) is 15.5. The summed E-state index contributed by atoms with van der Waals surface area (Å²) >= 11 is 0. The molecule has 0 aromatic rings. The minimum Gasteiger partial charge on any atom is -0.369 e. The van der Waals surface area contributed by atoms with Crippen LogP contribution in [0.5, 0.6) is 0 Å². The summed E-state index contributed by atoms with van der Waals surface area (Å²) in [4.78, 5) is 38.7. The molecule has 29 heavy (non-hydrogen) atoms. The summed E-state index contributed by atoms with van der Waals surface area (Å²) in [5.74, 6) is 0.0689. The third-order valence-electron chi connectivity index (χ3n) is 6.26. The second kappa shape index (κ2) is 7.59. The molecular weight excluding hydrogens is 368 g/mol. The van der Waals surface area contributed by atoms with Gasteiger partial charge in [0, 0.05) is 29.8 Å². The number of aliphatic hydroxyl groups is 1. The lowest BCUT2D eigenvalue weighted by molar-refractivity contribution is -0.139. The van der Waals surface area contributed by atoms with E-state index in [1.165, 1.54) is 39.7 Å². The van der Waals surface area contributed by atoms with Gasteiger partial charge in [0.2, 0.25) is 0 Å². The van der Waals surface area contributed by atoms with Crippen molar-refractivity contribution < 1.29 is 19.5 Å². The molecule has 4 aliphatic rings. The van der Waals surface area contributed by atoms with Crippen LogP contribution >= 0.6 is 0 Å². The first-order chi connectivity index (χ1) is 13.8. The van der Waals surface area contributed by atoms with Crippen LogP contribution in [0.2, 0.25) is 0 Å². The Morgan fingerprint density at radius 3 is 2.21 bits per heavy atom. The van der Waals surface area contributed by atoms with E-state index in [1.807, 2.05) is 12.2 Å². The number of carbonyl (C=O) groups excluding carboxylic acids is 3. The molecule has 2 heterocycles. The molecule has 0 saturated heterocycles. The maximum atomic E-state index is 12.0.